The van der Waals surface area contributed by atoms with E-state index in [2.05, 4.69) is 16.0 Å². The number of piperidine rings is 1. The van der Waals surface area contributed by atoms with Gasteiger partial charge in [0.1, 0.15) is 18.1 Å². The van der Waals surface area contributed by atoms with E-state index in [-0.39, 0.29) is 18.7 Å². The first-order valence-electron chi connectivity index (χ1n) is 6.48. The van der Waals surface area contributed by atoms with Gasteiger partial charge < -0.3 is 10.6 Å². The number of nitrogens with zero attached hydrogens (tertiary/aromatic N) is 1. The number of nitrogens with one attached hydrogen (secondary N) is 3. The van der Waals surface area contributed by atoms with Crippen LogP contribution in [0.5, 0.6) is 0 Å². The normalized spacial score (nSPS) is 24.7. The van der Waals surface area contributed by atoms with Gasteiger partial charge in [-0.1, -0.05) is 0 Å². The van der Waals surface area contributed by atoms with Crippen LogP contribution in [0.3, 0.4) is 0 Å². The first kappa shape index (κ1) is 14.9. The number of hydrogen-bond acceptors (Lipinski definition) is 5. The summed E-state index contributed by atoms with van der Waals surface area (Å²) < 4.78 is 0. The average Bonchev–Trinajstić information content (AvgIpc) is 2.55. The molecule has 0 bridgehead atoms. The van der Waals surface area contributed by atoms with E-state index in [0.29, 0.717) is 0 Å². The Kier molecular flexibility index (Phi) is 3.67. The fourth-order valence-electron chi connectivity index (χ4n) is 2.18. The first-order valence-corrected chi connectivity index (χ1v) is 6.48. The van der Waals surface area contributed by atoms with Gasteiger partial charge in [0.2, 0.25) is 17.7 Å². The van der Waals surface area contributed by atoms with Gasteiger partial charge in [0.25, 0.3) is 5.91 Å². The molecule has 2 heterocycles. The summed E-state index contributed by atoms with van der Waals surface area (Å²) >= 11 is 0. The number of imide groups is 2. The Morgan fingerprint density at radius 3 is 2.52 bits per heavy atom. The second kappa shape index (κ2) is 5.15. The SMILES string of the molecule is CC1(C)NC(=O)N(CC(=O)NC2CCC(=O)NC2=O)C1=O. The zero-order chi connectivity index (χ0) is 15.8. The molecule has 114 valence electrons. The largest absolute Gasteiger partial charge is 0.343 e. The lowest BCUT2D eigenvalue weighted by Crippen LogP contribution is -2.54. The molecule has 6 amide bonds. The van der Waals surface area contributed by atoms with Crippen molar-refractivity contribution < 1.29 is 24.0 Å². The molecule has 0 radical (unpaired) electrons. The summed E-state index contributed by atoms with van der Waals surface area (Å²) in [6, 6.07) is -1.48. The molecule has 1 atom stereocenters. The molecule has 0 aromatic rings. The summed E-state index contributed by atoms with van der Waals surface area (Å²) in [7, 11) is 0. The number of hydrogen-bond donors (Lipinski definition) is 3. The molecule has 2 aliphatic rings. The van der Waals surface area contributed by atoms with Gasteiger partial charge in [-0.2, -0.15) is 0 Å². The van der Waals surface area contributed by atoms with Crippen LogP contribution in [0.25, 0.3) is 0 Å². The van der Waals surface area contributed by atoms with Crippen molar-refractivity contribution in [3.05, 3.63) is 0 Å². The summed E-state index contributed by atoms with van der Waals surface area (Å²) in [5, 5.41) is 6.96. The third-order valence-electron chi connectivity index (χ3n) is 3.32. The average molecular weight is 296 g/mol. The minimum absolute atomic E-state index is 0.132. The van der Waals surface area contributed by atoms with Crippen LogP contribution >= 0.6 is 0 Å². The van der Waals surface area contributed by atoms with E-state index in [1.54, 1.807) is 0 Å². The van der Waals surface area contributed by atoms with Crippen LogP contribution in [0.4, 0.5) is 4.79 Å². The van der Waals surface area contributed by atoms with Crippen molar-refractivity contribution in [2.24, 2.45) is 0 Å². The fraction of sp³-hybridized carbons (Fsp3) is 0.583. The van der Waals surface area contributed by atoms with Crippen molar-refractivity contribution in [2.45, 2.75) is 38.3 Å². The number of rotatable bonds is 3. The van der Waals surface area contributed by atoms with Gasteiger partial charge in [-0.05, 0) is 20.3 Å². The molecule has 2 fully saturated rings. The highest BCUT2D eigenvalue weighted by atomic mass is 16.2. The zero-order valence-corrected chi connectivity index (χ0v) is 11.7. The summed E-state index contributed by atoms with van der Waals surface area (Å²) in [5.41, 5.74) is -1.05. The molecule has 0 spiro atoms. The van der Waals surface area contributed by atoms with Crippen molar-refractivity contribution in [1.82, 2.24) is 20.9 Å². The third-order valence-corrected chi connectivity index (χ3v) is 3.32. The van der Waals surface area contributed by atoms with Crippen molar-refractivity contribution in [2.75, 3.05) is 6.54 Å². The quantitative estimate of drug-likeness (QED) is 0.420. The third kappa shape index (κ3) is 3.01. The molecular weight excluding hydrogens is 280 g/mol. The Bertz CT molecular complexity index is 542. The number of amides is 6. The molecule has 2 saturated heterocycles. The fourth-order valence-corrected chi connectivity index (χ4v) is 2.18. The summed E-state index contributed by atoms with van der Waals surface area (Å²) in [5.74, 6) is -2.12. The lowest BCUT2D eigenvalue weighted by atomic mass is 10.1. The van der Waals surface area contributed by atoms with Gasteiger partial charge >= 0.3 is 6.03 Å². The monoisotopic (exact) mass is 296 g/mol. The minimum atomic E-state index is -1.05. The van der Waals surface area contributed by atoms with E-state index in [1.807, 2.05) is 0 Å². The second-order valence-corrected chi connectivity index (χ2v) is 5.52. The minimum Gasteiger partial charge on any atom is -0.343 e. The molecular formula is C12H16N4O5. The lowest BCUT2D eigenvalue weighted by molar-refractivity contribution is -0.138. The van der Waals surface area contributed by atoms with Crippen LogP contribution in [0.1, 0.15) is 26.7 Å². The summed E-state index contributed by atoms with van der Waals surface area (Å²) in [6.07, 6.45) is 0.328. The summed E-state index contributed by atoms with van der Waals surface area (Å²) in [4.78, 5) is 58.7. The van der Waals surface area contributed by atoms with E-state index in [0.717, 1.165) is 4.90 Å². The van der Waals surface area contributed by atoms with E-state index >= 15 is 0 Å². The Labute approximate surface area is 120 Å². The molecule has 2 aliphatic heterocycles. The lowest BCUT2D eigenvalue weighted by Gasteiger charge is -2.23. The van der Waals surface area contributed by atoms with Gasteiger partial charge in [0, 0.05) is 6.42 Å². The molecule has 9 nitrogen and oxygen atoms in total. The topological polar surface area (TPSA) is 125 Å². The Morgan fingerprint density at radius 2 is 2.00 bits per heavy atom. The Hall–Kier alpha value is -2.45. The van der Waals surface area contributed by atoms with Gasteiger partial charge in [-0.15, -0.1) is 0 Å². The van der Waals surface area contributed by atoms with E-state index in [9.17, 15) is 24.0 Å². The predicted octanol–water partition coefficient (Wildman–Crippen LogP) is -1.76. The Morgan fingerprint density at radius 1 is 1.33 bits per heavy atom. The van der Waals surface area contributed by atoms with Crippen LogP contribution in [0.2, 0.25) is 0 Å². The molecule has 3 N–H and O–H groups in total. The van der Waals surface area contributed by atoms with Crippen molar-refractivity contribution >= 4 is 29.7 Å². The molecule has 21 heavy (non-hydrogen) atoms. The second-order valence-electron chi connectivity index (χ2n) is 5.52. The summed E-state index contributed by atoms with van der Waals surface area (Å²) in [6.45, 7) is 2.60. The molecule has 9 heteroatoms. The van der Waals surface area contributed by atoms with Crippen LogP contribution in [0.15, 0.2) is 0 Å². The van der Waals surface area contributed by atoms with Crippen LogP contribution < -0.4 is 16.0 Å². The molecule has 1 unspecified atom stereocenters. The number of carbonyl (C=O) groups is 5. The molecule has 0 aliphatic carbocycles. The molecule has 0 aromatic heterocycles. The first-order chi connectivity index (χ1) is 9.70. The highest BCUT2D eigenvalue weighted by Crippen LogP contribution is 2.16. The maximum atomic E-state index is 11.9. The Balaban J connectivity index is 1.93. The van der Waals surface area contributed by atoms with Gasteiger partial charge in [0.05, 0.1) is 0 Å². The van der Waals surface area contributed by atoms with E-state index in [1.165, 1.54) is 13.8 Å². The van der Waals surface area contributed by atoms with Crippen LogP contribution in [-0.2, 0) is 19.2 Å². The highest BCUT2D eigenvalue weighted by molar-refractivity contribution is 6.09. The molecule has 2 rings (SSSR count). The molecule has 0 aromatic carbocycles. The highest BCUT2D eigenvalue weighted by Gasteiger charge is 2.45. The predicted molar refractivity (Wildman–Crippen MR) is 68.6 cm³/mol. The number of carbonyl (C=O) groups excluding carboxylic acids is 5. The van der Waals surface area contributed by atoms with E-state index < -0.39 is 41.9 Å². The smallest absolute Gasteiger partial charge is 0.325 e. The van der Waals surface area contributed by atoms with Crippen LogP contribution in [-0.4, -0.2) is 52.7 Å². The van der Waals surface area contributed by atoms with Crippen molar-refractivity contribution in [1.29, 1.82) is 0 Å². The van der Waals surface area contributed by atoms with E-state index in [4.69, 9.17) is 0 Å². The van der Waals surface area contributed by atoms with Gasteiger partial charge in [-0.3, -0.25) is 29.4 Å². The van der Waals surface area contributed by atoms with Gasteiger partial charge in [0.15, 0.2) is 0 Å². The maximum Gasteiger partial charge on any atom is 0.325 e. The standard InChI is InChI=1S/C12H16N4O5/c1-12(2)10(20)16(11(21)15-12)5-8(18)13-6-3-4-7(17)14-9(6)19/h6H,3-5H2,1-2H3,(H,13,18)(H,15,21)(H,14,17,19). The molecule has 0 saturated carbocycles. The van der Waals surface area contributed by atoms with Gasteiger partial charge in [-0.25, -0.2) is 4.79 Å². The maximum absolute atomic E-state index is 11.9. The number of urea groups is 1. The van der Waals surface area contributed by atoms with Crippen LogP contribution in [0, 0.1) is 0 Å². The van der Waals surface area contributed by atoms with Crippen molar-refractivity contribution in [3.8, 4) is 0 Å². The zero-order valence-electron chi connectivity index (χ0n) is 11.7. The van der Waals surface area contributed by atoms with Crippen molar-refractivity contribution in [3.63, 3.8) is 0 Å².